The molecule has 754 valence electrons. The van der Waals surface area contributed by atoms with Crippen molar-refractivity contribution < 1.29 is 28.5 Å². The van der Waals surface area contributed by atoms with Gasteiger partial charge in [-0.25, -0.2) is 34.7 Å². The van der Waals surface area contributed by atoms with E-state index in [0.717, 1.165) is 141 Å². The molecule has 7 aromatic carbocycles. The summed E-state index contributed by atoms with van der Waals surface area (Å²) in [6.45, 7) is 26.3. The zero-order valence-electron chi connectivity index (χ0n) is 88.4. The maximum Gasteiger partial charge on any atom is 0.347 e. The number of nitrogens with zero attached hydrogens (tertiary/aromatic N) is 6. The smallest absolute Gasteiger partial charge is 0.347 e. The third-order valence-electron chi connectivity index (χ3n) is 26.4. The molecule has 12 nitrogen and oxygen atoms in total. The van der Waals surface area contributed by atoms with Gasteiger partial charge in [0.2, 0.25) is 0 Å². The number of carbonyl (C=O) groups excluding carboxylic acids is 1. The van der Waals surface area contributed by atoms with E-state index in [1.54, 1.807) is 6.92 Å². The number of ether oxygens (including phenoxy) is 5. The largest absolute Gasteiger partial charge is 0.494 e. The van der Waals surface area contributed by atoms with Crippen molar-refractivity contribution in [1.82, 2.24) is 29.9 Å². The van der Waals surface area contributed by atoms with Gasteiger partial charge in [0, 0.05) is 53.9 Å². The van der Waals surface area contributed by atoms with Crippen molar-refractivity contribution in [2.45, 2.75) is 442 Å². The van der Waals surface area contributed by atoms with E-state index in [4.69, 9.17) is 23.7 Å². The van der Waals surface area contributed by atoms with E-state index in [0.29, 0.717) is 5.75 Å². The van der Waals surface area contributed by atoms with Crippen LogP contribution in [0.3, 0.4) is 0 Å². The van der Waals surface area contributed by atoms with E-state index >= 15 is 0 Å². The molecule has 2 unspecified atom stereocenters. The van der Waals surface area contributed by atoms with Gasteiger partial charge in [0.15, 0.2) is 23.6 Å². The lowest BCUT2D eigenvalue weighted by Gasteiger charge is -2.18. The zero-order valence-corrected chi connectivity index (χ0v) is 88.4. The first-order chi connectivity index (χ1) is 67.9. The minimum Gasteiger partial charge on any atom is -0.494 e. The van der Waals surface area contributed by atoms with Crippen LogP contribution in [0.5, 0.6) is 23.0 Å². The predicted molar refractivity (Wildman–Crippen MR) is 588 cm³/mol. The number of benzene rings is 7. The van der Waals surface area contributed by atoms with Gasteiger partial charge in [-0.1, -0.05) is 404 Å². The van der Waals surface area contributed by atoms with Crippen LogP contribution in [0.1, 0.15) is 425 Å². The summed E-state index contributed by atoms with van der Waals surface area (Å²) in [5.74, 6) is 5.52. The summed E-state index contributed by atoms with van der Waals surface area (Å²) in [6, 6.07) is 57.2. The molecule has 0 fully saturated rings. The van der Waals surface area contributed by atoms with Crippen molar-refractivity contribution in [3.63, 3.8) is 0 Å². The number of esters is 1. The van der Waals surface area contributed by atoms with Crippen LogP contribution in [0.25, 0.3) is 67.5 Å². The second-order valence-corrected chi connectivity index (χ2v) is 38.8. The van der Waals surface area contributed by atoms with Gasteiger partial charge in [-0.2, -0.15) is 0 Å². The molecule has 0 spiro atoms. The first kappa shape index (κ1) is 115. The molecule has 0 bridgehead atoms. The van der Waals surface area contributed by atoms with Gasteiger partial charge in [0.05, 0.1) is 25.9 Å². The minimum atomic E-state index is -0.652. The fourth-order valence-electron chi connectivity index (χ4n) is 17.4. The van der Waals surface area contributed by atoms with E-state index in [-0.39, 0.29) is 12.1 Å². The molecule has 0 aliphatic heterocycles. The van der Waals surface area contributed by atoms with Gasteiger partial charge in [-0.15, -0.1) is 0 Å². The summed E-state index contributed by atoms with van der Waals surface area (Å²) in [4.78, 5) is 40.0. The Kier molecular flexibility index (Phi) is 63.0. The van der Waals surface area contributed by atoms with E-state index in [9.17, 15) is 4.79 Å². The SMILES string of the molecule is CCCCCCCCCCc1ccc(-c2ccc(-c3ccc(-c4ccc(OC(C)C(=O)OC(C)CCCCC)cc4)c(C)c3)cc2)cc1.CCCCCCCCCCc1cnc(-c2ccc(OCCCCCCCC)cc2)nc1.CCCCCCCCCOc1ccc(-c2ncc(CCCCCCCC)cn2)cc1.CCCCCCCCOc1ccc(-c2ncc(CCCCCCCC)cn2)cc1. The lowest BCUT2D eigenvalue weighted by Crippen LogP contribution is -2.29. The molecule has 0 N–H and O–H groups in total. The molecule has 0 aliphatic carbocycles. The van der Waals surface area contributed by atoms with Crippen LogP contribution in [-0.2, 0) is 35.2 Å². The molecular formula is C126H184N6O6. The maximum absolute atomic E-state index is 12.5. The third-order valence-corrected chi connectivity index (χ3v) is 26.4. The Morgan fingerprint density at radius 3 is 0.790 bits per heavy atom. The molecule has 10 aromatic rings. The number of hydrogen-bond donors (Lipinski definition) is 0. The molecule has 0 aliphatic rings. The highest BCUT2D eigenvalue weighted by atomic mass is 16.6. The summed E-state index contributed by atoms with van der Waals surface area (Å²) in [5, 5.41) is 0. The lowest BCUT2D eigenvalue weighted by atomic mass is 9.94. The normalized spacial score (nSPS) is 11.5. The van der Waals surface area contributed by atoms with E-state index in [1.807, 2.05) is 92.6 Å². The number of hydrogen-bond acceptors (Lipinski definition) is 12. The fourth-order valence-corrected chi connectivity index (χ4v) is 17.4. The molecule has 2 atom stereocenters. The summed E-state index contributed by atoms with van der Waals surface area (Å²) >= 11 is 0. The van der Waals surface area contributed by atoms with Crippen molar-refractivity contribution in [1.29, 1.82) is 0 Å². The number of aryl methyl sites for hydroxylation is 5. The van der Waals surface area contributed by atoms with Crippen molar-refractivity contribution in [2.75, 3.05) is 19.8 Å². The number of carbonyl (C=O) groups is 1. The van der Waals surface area contributed by atoms with Crippen LogP contribution in [-0.4, -0.2) is 67.9 Å². The Morgan fingerprint density at radius 1 is 0.246 bits per heavy atom. The van der Waals surface area contributed by atoms with Gasteiger partial charge >= 0.3 is 5.97 Å². The van der Waals surface area contributed by atoms with Crippen LogP contribution in [0, 0.1) is 6.92 Å². The molecule has 12 heteroatoms. The molecule has 10 rings (SSSR count). The highest BCUT2D eigenvalue weighted by Crippen LogP contribution is 2.34. The van der Waals surface area contributed by atoms with Crippen LogP contribution in [0.4, 0.5) is 0 Å². The Hall–Kier alpha value is -9.55. The van der Waals surface area contributed by atoms with Gasteiger partial charge in [0.25, 0.3) is 0 Å². The minimum absolute atomic E-state index is 0.0900. The summed E-state index contributed by atoms with van der Waals surface area (Å²) < 4.78 is 29.1. The molecular weight excluding hydrogens is 1690 g/mol. The summed E-state index contributed by atoms with van der Waals surface area (Å²) in [5.41, 5.74) is 16.8. The molecule has 0 saturated heterocycles. The third kappa shape index (κ3) is 50.5. The second-order valence-electron chi connectivity index (χ2n) is 38.8. The standard InChI is InChI=1S/C45H58O3.C28H44N2O.C27H42N2O.C26H40N2O/c1-6-8-10-11-12-13-14-16-18-37-19-21-38(22-20-37)39-23-25-40(26-24-39)42-29-32-44(34(3)33-42)41-27-30-43(31-28-41)48-36(5)45(46)47-35(4)17-15-9-7-2;1-3-5-7-9-11-12-13-15-17-25-23-29-28(30-24-25)26-18-20-27(21-19-26)31-22-16-14-10-8-6-4-2;1-3-5-7-9-11-13-15-21-30-26-19-17-25(18-20-26)27-28-22-24(23-29-27)16-14-12-10-8-6-4-2;1-3-5-7-9-11-13-15-23-21-27-26(28-22-23)24-16-18-25(19-17-24)29-20-14-12-10-8-6-4-2/h19-33,35-36H,6-18H2,1-5H3;18-21,23-24H,3-17,22H2,1-2H3;17-20,22-23H,3-16,21H2,1-2H3;16-19,21-22H,3-15,20H2,1-2H3. The highest BCUT2D eigenvalue weighted by Gasteiger charge is 2.20. The summed E-state index contributed by atoms with van der Waals surface area (Å²) in [6.07, 6.45) is 82.0. The van der Waals surface area contributed by atoms with Crippen molar-refractivity contribution in [2.24, 2.45) is 0 Å². The molecule has 0 radical (unpaired) electrons. The average Bonchev–Trinajstić information content (AvgIpc) is 0.806. The average molecular weight is 1880 g/mol. The quantitative estimate of drug-likeness (QED) is 0.0265. The molecule has 3 aromatic heterocycles. The van der Waals surface area contributed by atoms with Crippen molar-refractivity contribution in [3.05, 3.63) is 229 Å². The van der Waals surface area contributed by atoms with Gasteiger partial charge in [-0.3, -0.25) is 0 Å². The number of unbranched alkanes of at least 4 members (excludes halogenated alkanes) is 42. The molecule has 138 heavy (non-hydrogen) atoms. The predicted octanol–water partition coefficient (Wildman–Crippen LogP) is 37.5. The van der Waals surface area contributed by atoms with Crippen LogP contribution >= 0.6 is 0 Å². The maximum atomic E-state index is 12.5. The first-order valence-corrected chi connectivity index (χ1v) is 55.8. The van der Waals surface area contributed by atoms with Crippen LogP contribution < -0.4 is 18.9 Å². The Bertz CT molecular complexity index is 4600. The molecule has 3 heterocycles. The lowest BCUT2D eigenvalue weighted by molar-refractivity contribution is -0.156. The first-order valence-electron chi connectivity index (χ1n) is 55.8. The van der Waals surface area contributed by atoms with E-state index < -0.39 is 6.10 Å². The fraction of sp³-hybridized carbons (Fsp3) is 0.563. The van der Waals surface area contributed by atoms with Crippen molar-refractivity contribution in [3.8, 4) is 90.5 Å². The van der Waals surface area contributed by atoms with Crippen LogP contribution in [0.15, 0.2) is 201 Å². The Labute approximate surface area is 839 Å². The Morgan fingerprint density at radius 2 is 0.486 bits per heavy atom. The van der Waals surface area contributed by atoms with Crippen LogP contribution in [0.2, 0.25) is 0 Å². The van der Waals surface area contributed by atoms with E-state index in [2.05, 4.69) is 207 Å². The number of aromatic nitrogens is 6. The molecule has 0 saturated carbocycles. The van der Waals surface area contributed by atoms with Gasteiger partial charge in [-0.05, 0) is 250 Å². The highest BCUT2D eigenvalue weighted by molar-refractivity contribution is 5.77. The molecule has 0 amide bonds. The van der Waals surface area contributed by atoms with Gasteiger partial charge < -0.3 is 23.7 Å². The zero-order chi connectivity index (χ0) is 98.0. The second kappa shape index (κ2) is 75.4. The van der Waals surface area contributed by atoms with Gasteiger partial charge in [0.1, 0.15) is 23.0 Å². The number of rotatable bonds is 71. The van der Waals surface area contributed by atoms with E-state index in [1.165, 1.54) is 345 Å². The topological polar surface area (TPSA) is 141 Å². The Balaban J connectivity index is 0.000000257. The van der Waals surface area contributed by atoms with Crippen molar-refractivity contribution >= 4 is 5.97 Å². The monoisotopic (exact) mass is 1880 g/mol. The summed E-state index contributed by atoms with van der Waals surface area (Å²) in [7, 11) is 0.